The molecule has 2 aromatic carbocycles. The molecule has 0 saturated heterocycles. The van der Waals surface area contributed by atoms with Crippen LogP contribution < -0.4 is 15.4 Å². The van der Waals surface area contributed by atoms with E-state index in [2.05, 4.69) is 26.6 Å². The van der Waals surface area contributed by atoms with Gasteiger partial charge in [0.25, 0.3) is 5.91 Å². The highest BCUT2D eigenvalue weighted by Gasteiger charge is 2.28. The second-order valence-corrected chi connectivity index (χ2v) is 7.77. The number of benzene rings is 2. The number of amides is 2. The van der Waals surface area contributed by atoms with Crippen molar-refractivity contribution in [3.8, 4) is 5.75 Å². The first-order chi connectivity index (χ1) is 13.6. The van der Waals surface area contributed by atoms with E-state index in [1.165, 1.54) is 6.07 Å². The number of hydrogen-bond acceptors (Lipinski definition) is 3. The van der Waals surface area contributed by atoms with Crippen molar-refractivity contribution < 1.29 is 23.1 Å². The fourth-order valence-corrected chi connectivity index (χ4v) is 3.36. The summed E-state index contributed by atoms with van der Waals surface area (Å²) in [6, 6.07) is 7.22. The van der Waals surface area contributed by atoms with Gasteiger partial charge in [-0.15, -0.1) is 0 Å². The van der Waals surface area contributed by atoms with Gasteiger partial charge in [0.05, 0.1) is 17.6 Å². The summed E-state index contributed by atoms with van der Waals surface area (Å²) in [5.41, 5.74) is 0.109. The lowest BCUT2D eigenvalue weighted by Crippen LogP contribution is -2.50. The van der Waals surface area contributed by atoms with Crippen LogP contribution in [0.1, 0.15) is 42.7 Å². The van der Waals surface area contributed by atoms with Gasteiger partial charge >= 0.3 is 0 Å². The summed E-state index contributed by atoms with van der Waals surface area (Å²) < 4.78 is 33.7. The highest BCUT2D eigenvalue weighted by Crippen LogP contribution is 2.28. The lowest BCUT2D eigenvalue weighted by molar-refractivity contribution is -0.124. The Kier molecular flexibility index (Phi) is 7.73. The van der Waals surface area contributed by atoms with E-state index in [1.54, 1.807) is 33.9 Å². The predicted octanol–water partition coefficient (Wildman–Crippen LogP) is 4.37. The van der Waals surface area contributed by atoms with Gasteiger partial charge in [0.15, 0.2) is 0 Å². The van der Waals surface area contributed by atoms with E-state index < -0.39 is 35.1 Å². The van der Waals surface area contributed by atoms with Gasteiger partial charge < -0.3 is 15.4 Å². The monoisotopic (exact) mass is 468 g/mol. The van der Waals surface area contributed by atoms with Crippen LogP contribution in [0, 0.1) is 17.6 Å². The Labute approximate surface area is 177 Å². The van der Waals surface area contributed by atoms with Gasteiger partial charge in [-0.3, -0.25) is 9.59 Å². The van der Waals surface area contributed by atoms with Crippen molar-refractivity contribution in [2.75, 3.05) is 7.11 Å². The molecule has 0 bridgehead atoms. The summed E-state index contributed by atoms with van der Waals surface area (Å²) in [7, 11) is 1.55. The standard InChI is InChI=1S/C21H23BrF2N2O3/c1-11(2)19(26-20(27)18-15(23)6-5-7-16(18)24)21(28)25-12(3)13-8-9-17(29-4)14(22)10-13/h5-12,19H,1-4H3,(H,25,28)(H,26,27). The van der Waals surface area contributed by atoms with E-state index in [0.717, 1.165) is 22.2 Å². The number of carbonyl (C=O) groups excluding carboxylic acids is 2. The van der Waals surface area contributed by atoms with E-state index in [9.17, 15) is 18.4 Å². The molecule has 5 nitrogen and oxygen atoms in total. The third-order valence-corrected chi connectivity index (χ3v) is 5.08. The van der Waals surface area contributed by atoms with Gasteiger partial charge in [0.1, 0.15) is 29.0 Å². The minimum absolute atomic E-state index is 0.302. The quantitative estimate of drug-likeness (QED) is 0.633. The van der Waals surface area contributed by atoms with Crippen molar-refractivity contribution in [2.24, 2.45) is 5.92 Å². The minimum atomic E-state index is -0.984. The molecule has 2 amide bonds. The molecule has 156 valence electrons. The summed E-state index contributed by atoms with van der Waals surface area (Å²) >= 11 is 3.40. The van der Waals surface area contributed by atoms with E-state index >= 15 is 0 Å². The smallest absolute Gasteiger partial charge is 0.257 e. The van der Waals surface area contributed by atoms with Gasteiger partial charge in [-0.1, -0.05) is 26.0 Å². The Hall–Kier alpha value is -2.48. The van der Waals surface area contributed by atoms with Gasteiger partial charge in [-0.25, -0.2) is 8.78 Å². The summed E-state index contributed by atoms with van der Waals surface area (Å²) in [6.45, 7) is 5.26. The van der Waals surface area contributed by atoms with E-state index in [1.807, 2.05) is 12.1 Å². The molecule has 0 aliphatic carbocycles. The van der Waals surface area contributed by atoms with Gasteiger partial charge in [0.2, 0.25) is 5.91 Å². The van der Waals surface area contributed by atoms with Crippen molar-refractivity contribution in [1.29, 1.82) is 0 Å². The van der Waals surface area contributed by atoms with Crippen molar-refractivity contribution >= 4 is 27.7 Å². The molecule has 29 heavy (non-hydrogen) atoms. The largest absolute Gasteiger partial charge is 0.496 e. The normalized spacial score (nSPS) is 13.0. The molecule has 0 radical (unpaired) electrons. The molecule has 2 N–H and O–H groups in total. The Balaban J connectivity index is 2.15. The van der Waals surface area contributed by atoms with Crippen LogP contribution in [0.3, 0.4) is 0 Å². The van der Waals surface area contributed by atoms with Crippen molar-refractivity contribution in [3.05, 3.63) is 63.6 Å². The van der Waals surface area contributed by atoms with Gasteiger partial charge in [-0.05, 0) is 58.6 Å². The molecule has 0 spiro atoms. The van der Waals surface area contributed by atoms with Crippen molar-refractivity contribution in [3.63, 3.8) is 0 Å². The second kappa shape index (κ2) is 9.82. The Morgan fingerprint density at radius 3 is 2.17 bits per heavy atom. The summed E-state index contributed by atoms with van der Waals surface area (Å²) in [5, 5.41) is 5.27. The third kappa shape index (κ3) is 5.53. The van der Waals surface area contributed by atoms with Crippen LogP contribution in [0.15, 0.2) is 40.9 Å². The molecule has 0 aliphatic heterocycles. The first-order valence-electron chi connectivity index (χ1n) is 9.04. The number of nitrogens with one attached hydrogen (secondary N) is 2. The van der Waals surface area contributed by atoms with Gasteiger partial charge in [-0.2, -0.15) is 0 Å². The zero-order valence-electron chi connectivity index (χ0n) is 16.6. The van der Waals surface area contributed by atoms with E-state index in [0.29, 0.717) is 5.75 Å². The summed E-state index contributed by atoms with van der Waals surface area (Å²) in [6.07, 6.45) is 0. The molecule has 8 heteroatoms. The van der Waals surface area contributed by atoms with Gasteiger partial charge in [0, 0.05) is 0 Å². The topological polar surface area (TPSA) is 67.4 Å². The van der Waals surface area contributed by atoms with Crippen LogP contribution in [-0.4, -0.2) is 25.0 Å². The van der Waals surface area contributed by atoms with Crippen LogP contribution in [0.25, 0.3) is 0 Å². The van der Waals surface area contributed by atoms with Crippen LogP contribution in [0.2, 0.25) is 0 Å². The summed E-state index contributed by atoms with van der Waals surface area (Å²) in [4.78, 5) is 25.1. The minimum Gasteiger partial charge on any atom is -0.496 e. The zero-order valence-corrected chi connectivity index (χ0v) is 18.1. The third-order valence-electron chi connectivity index (χ3n) is 4.46. The molecule has 0 fully saturated rings. The predicted molar refractivity (Wildman–Crippen MR) is 110 cm³/mol. The van der Waals surface area contributed by atoms with Crippen LogP contribution in [0.5, 0.6) is 5.75 Å². The van der Waals surface area contributed by atoms with E-state index in [4.69, 9.17) is 4.74 Å². The molecule has 0 saturated carbocycles. The van der Waals surface area contributed by atoms with Crippen molar-refractivity contribution in [1.82, 2.24) is 10.6 Å². The molecular formula is C21H23BrF2N2O3. The number of carbonyl (C=O) groups is 2. The molecular weight excluding hydrogens is 446 g/mol. The number of halogens is 3. The molecule has 2 unspecified atom stereocenters. The molecule has 2 rings (SSSR count). The maximum atomic E-state index is 13.9. The lowest BCUT2D eigenvalue weighted by Gasteiger charge is -2.24. The maximum Gasteiger partial charge on any atom is 0.257 e. The summed E-state index contributed by atoms with van der Waals surface area (Å²) in [5.74, 6) is -3.04. The SMILES string of the molecule is COc1ccc(C(C)NC(=O)C(NC(=O)c2c(F)cccc2F)C(C)C)cc1Br. The van der Waals surface area contributed by atoms with Crippen LogP contribution in [-0.2, 0) is 4.79 Å². The van der Waals surface area contributed by atoms with Crippen LogP contribution in [0.4, 0.5) is 8.78 Å². The maximum absolute atomic E-state index is 13.9. The van der Waals surface area contributed by atoms with E-state index in [-0.39, 0.29) is 12.0 Å². The molecule has 0 heterocycles. The lowest BCUT2D eigenvalue weighted by atomic mass is 10.0. The average Bonchev–Trinajstić information content (AvgIpc) is 2.65. The van der Waals surface area contributed by atoms with Crippen LogP contribution >= 0.6 is 15.9 Å². The number of methoxy groups -OCH3 is 1. The molecule has 2 aromatic rings. The first-order valence-corrected chi connectivity index (χ1v) is 9.83. The Bertz CT molecular complexity index is 885. The number of rotatable bonds is 7. The fraction of sp³-hybridized carbons (Fsp3) is 0.333. The Morgan fingerprint density at radius 2 is 1.66 bits per heavy atom. The first kappa shape index (κ1) is 22.8. The van der Waals surface area contributed by atoms with Crippen molar-refractivity contribution in [2.45, 2.75) is 32.9 Å². The fourth-order valence-electron chi connectivity index (χ4n) is 2.80. The highest BCUT2D eigenvalue weighted by atomic mass is 79.9. The molecule has 0 aliphatic rings. The number of ether oxygens (including phenoxy) is 1. The molecule has 2 atom stereocenters. The molecule has 0 aromatic heterocycles. The zero-order chi connectivity index (χ0) is 21.7. The second-order valence-electron chi connectivity index (χ2n) is 6.92. The highest BCUT2D eigenvalue weighted by molar-refractivity contribution is 9.10. The average molecular weight is 469 g/mol. The number of hydrogen-bond donors (Lipinski definition) is 2. The Morgan fingerprint density at radius 1 is 1.03 bits per heavy atom.